The van der Waals surface area contributed by atoms with E-state index < -0.39 is 26.8 Å². The highest BCUT2D eigenvalue weighted by Crippen LogP contribution is 2.16. The van der Waals surface area contributed by atoms with Crippen molar-refractivity contribution in [1.82, 2.24) is 19.9 Å². The molecule has 1 heterocycles. The van der Waals surface area contributed by atoms with E-state index in [1.807, 2.05) is 0 Å². The average Bonchev–Trinajstić information content (AvgIpc) is 2.82. The third-order valence-electron chi connectivity index (χ3n) is 2.30. The van der Waals surface area contributed by atoms with Crippen molar-refractivity contribution in [2.45, 2.75) is 17.9 Å². The molecule has 2 N–H and O–H groups in total. The number of hydrogen-bond acceptors (Lipinski definition) is 4. The number of halogens is 1. The van der Waals surface area contributed by atoms with Gasteiger partial charge in [0.1, 0.15) is 22.9 Å². The van der Waals surface area contributed by atoms with Crippen molar-refractivity contribution < 1.29 is 12.8 Å². The Labute approximate surface area is 103 Å². The Morgan fingerprint density at radius 3 is 2.72 bits per heavy atom. The molecule has 0 spiro atoms. The van der Waals surface area contributed by atoms with Crippen LogP contribution in [0.15, 0.2) is 35.5 Å². The van der Waals surface area contributed by atoms with E-state index >= 15 is 0 Å². The van der Waals surface area contributed by atoms with Crippen LogP contribution in [0, 0.1) is 5.82 Å². The van der Waals surface area contributed by atoms with E-state index in [4.69, 9.17) is 0 Å². The van der Waals surface area contributed by atoms with Gasteiger partial charge in [-0.1, -0.05) is 12.1 Å². The zero-order valence-electron chi connectivity index (χ0n) is 9.46. The van der Waals surface area contributed by atoms with Gasteiger partial charge in [0.25, 0.3) is 0 Å². The van der Waals surface area contributed by atoms with Gasteiger partial charge in [0.05, 0.1) is 6.04 Å². The van der Waals surface area contributed by atoms with Crippen LogP contribution >= 0.6 is 0 Å². The molecule has 0 radical (unpaired) electrons. The Balaban J connectivity index is 2.26. The van der Waals surface area contributed by atoms with Crippen LogP contribution in [0.5, 0.6) is 0 Å². The van der Waals surface area contributed by atoms with Crippen LogP contribution in [0.4, 0.5) is 4.39 Å². The summed E-state index contributed by atoms with van der Waals surface area (Å²) in [6, 6.07) is 4.54. The molecule has 0 aliphatic heterocycles. The maximum atomic E-state index is 13.4. The molecule has 0 saturated carbocycles. The molecule has 0 aliphatic carbocycles. The highest BCUT2D eigenvalue weighted by atomic mass is 32.2. The summed E-state index contributed by atoms with van der Waals surface area (Å²) in [5.74, 6) is -0.440. The van der Waals surface area contributed by atoms with E-state index in [1.54, 1.807) is 6.92 Å². The summed E-state index contributed by atoms with van der Waals surface area (Å²) in [6.07, 6.45) is 1.27. The summed E-state index contributed by atoms with van der Waals surface area (Å²) < 4.78 is 39.6. The van der Waals surface area contributed by atoms with Crippen molar-refractivity contribution >= 4 is 10.0 Å². The molecule has 0 amide bonds. The van der Waals surface area contributed by atoms with E-state index in [0.29, 0.717) is 5.82 Å². The largest absolute Gasteiger partial charge is 0.262 e. The minimum absolute atomic E-state index is 0.356. The first-order valence-corrected chi connectivity index (χ1v) is 6.61. The molecule has 2 rings (SSSR count). The fraction of sp³-hybridized carbons (Fsp3) is 0.200. The summed E-state index contributed by atoms with van der Waals surface area (Å²) in [4.78, 5) is 3.44. The molecule has 1 unspecified atom stereocenters. The topological polar surface area (TPSA) is 87.7 Å². The van der Waals surface area contributed by atoms with E-state index in [-0.39, 0.29) is 0 Å². The first-order chi connectivity index (χ1) is 8.50. The molecule has 8 heteroatoms. The van der Waals surface area contributed by atoms with E-state index in [0.717, 1.165) is 6.07 Å². The second-order valence-corrected chi connectivity index (χ2v) is 5.33. The fourth-order valence-electron chi connectivity index (χ4n) is 1.44. The number of rotatable bonds is 4. The monoisotopic (exact) mass is 270 g/mol. The summed E-state index contributed by atoms with van der Waals surface area (Å²) in [5, 5.41) is 6.16. The molecule has 1 atom stereocenters. The Bertz CT molecular complexity index is 627. The van der Waals surface area contributed by atoms with Crippen LogP contribution in [0.2, 0.25) is 0 Å². The van der Waals surface area contributed by atoms with Gasteiger partial charge in [0.2, 0.25) is 10.0 Å². The Morgan fingerprint density at radius 2 is 2.11 bits per heavy atom. The lowest BCUT2D eigenvalue weighted by Gasteiger charge is -2.12. The van der Waals surface area contributed by atoms with Crippen molar-refractivity contribution in [3.63, 3.8) is 0 Å². The zero-order valence-corrected chi connectivity index (χ0v) is 10.3. The molecular formula is C10H11FN4O2S. The highest BCUT2D eigenvalue weighted by molar-refractivity contribution is 7.89. The Kier molecular flexibility index (Phi) is 3.39. The van der Waals surface area contributed by atoms with Crippen LogP contribution in [0.25, 0.3) is 0 Å². The molecular weight excluding hydrogens is 259 g/mol. The highest BCUT2D eigenvalue weighted by Gasteiger charge is 2.22. The molecule has 1 aromatic heterocycles. The number of aromatic amines is 1. The fourth-order valence-corrected chi connectivity index (χ4v) is 2.72. The SMILES string of the molecule is CC(NS(=O)(=O)c1ccccc1F)c1ncn[nH]1. The lowest BCUT2D eigenvalue weighted by atomic mass is 10.3. The first kappa shape index (κ1) is 12.7. The number of H-pyrrole nitrogens is 1. The molecule has 2 aromatic rings. The van der Waals surface area contributed by atoms with Crippen molar-refractivity contribution in [2.24, 2.45) is 0 Å². The second kappa shape index (κ2) is 4.83. The summed E-state index contributed by atoms with van der Waals surface area (Å²) in [7, 11) is -3.93. The number of aromatic nitrogens is 3. The van der Waals surface area contributed by atoms with Gasteiger partial charge < -0.3 is 0 Å². The summed E-state index contributed by atoms with van der Waals surface area (Å²) in [6.45, 7) is 1.58. The van der Waals surface area contributed by atoms with Crippen LogP contribution in [-0.2, 0) is 10.0 Å². The second-order valence-electron chi connectivity index (χ2n) is 3.64. The molecule has 0 aliphatic rings. The summed E-state index contributed by atoms with van der Waals surface area (Å²) >= 11 is 0. The average molecular weight is 270 g/mol. The van der Waals surface area contributed by atoms with Gasteiger partial charge in [0, 0.05) is 0 Å². The molecule has 0 fully saturated rings. The lowest BCUT2D eigenvalue weighted by molar-refractivity contribution is 0.542. The predicted molar refractivity (Wildman–Crippen MR) is 61.5 cm³/mol. The van der Waals surface area contributed by atoms with E-state index in [9.17, 15) is 12.8 Å². The first-order valence-electron chi connectivity index (χ1n) is 5.13. The number of hydrogen-bond donors (Lipinski definition) is 2. The third-order valence-corrected chi connectivity index (χ3v) is 3.88. The molecule has 18 heavy (non-hydrogen) atoms. The minimum atomic E-state index is -3.93. The smallest absolute Gasteiger partial charge is 0.244 e. The van der Waals surface area contributed by atoms with Gasteiger partial charge in [-0.2, -0.15) is 5.10 Å². The maximum absolute atomic E-state index is 13.4. The molecule has 1 aromatic carbocycles. The third kappa shape index (κ3) is 2.54. The number of nitrogens with one attached hydrogen (secondary N) is 2. The van der Waals surface area contributed by atoms with Gasteiger partial charge in [-0.05, 0) is 19.1 Å². The molecule has 6 nitrogen and oxygen atoms in total. The van der Waals surface area contributed by atoms with Crippen molar-refractivity contribution in [2.75, 3.05) is 0 Å². The minimum Gasteiger partial charge on any atom is -0.262 e. The Morgan fingerprint density at radius 1 is 1.39 bits per heavy atom. The normalized spacial score (nSPS) is 13.4. The number of nitrogens with zero attached hydrogens (tertiary/aromatic N) is 2. The van der Waals surface area contributed by atoms with Crippen molar-refractivity contribution in [3.05, 3.63) is 42.2 Å². The van der Waals surface area contributed by atoms with Crippen LogP contribution in [-0.4, -0.2) is 23.6 Å². The number of benzene rings is 1. The molecule has 96 valence electrons. The lowest BCUT2D eigenvalue weighted by Crippen LogP contribution is -2.28. The molecule has 0 bridgehead atoms. The predicted octanol–water partition coefficient (Wildman–Crippen LogP) is 0.983. The van der Waals surface area contributed by atoms with Gasteiger partial charge in [0.15, 0.2) is 0 Å². The quantitative estimate of drug-likeness (QED) is 0.867. The van der Waals surface area contributed by atoms with Crippen molar-refractivity contribution in [3.8, 4) is 0 Å². The maximum Gasteiger partial charge on any atom is 0.244 e. The Hall–Kier alpha value is -1.80. The summed E-state index contributed by atoms with van der Waals surface area (Å²) in [5.41, 5.74) is 0. The van der Waals surface area contributed by atoms with Crippen molar-refractivity contribution in [1.29, 1.82) is 0 Å². The van der Waals surface area contributed by atoms with Gasteiger partial charge in [-0.25, -0.2) is 22.5 Å². The number of sulfonamides is 1. The van der Waals surface area contributed by atoms with E-state index in [2.05, 4.69) is 19.9 Å². The van der Waals surface area contributed by atoms with Gasteiger partial charge in [-0.15, -0.1) is 0 Å². The van der Waals surface area contributed by atoms with Crippen LogP contribution in [0.3, 0.4) is 0 Å². The zero-order chi connectivity index (χ0) is 13.2. The van der Waals surface area contributed by atoms with Gasteiger partial charge >= 0.3 is 0 Å². The molecule has 0 saturated heterocycles. The van der Waals surface area contributed by atoms with Crippen LogP contribution in [0.1, 0.15) is 18.8 Å². The standard InChI is InChI=1S/C10H11FN4O2S/c1-7(10-12-6-13-14-10)15-18(16,17)9-5-3-2-4-8(9)11/h2-7,15H,1H3,(H,12,13,14). The van der Waals surface area contributed by atoms with Gasteiger partial charge in [-0.3, -0.25) is 5.10 Å². The van der Waals surface area contributed by atoms with E-state index in [1.165, 1.54) is 24.5 Å². The van der Waals surface area contributed by atoms with Crippen LogP contribution < -0.4 is 4.72 Å².